The highest BCUT2D eigenvalue weighted by atomic mass is 15.2. The molecular formula is C57H39N5. The standard InChI is InChI=1S/C57H39N5/c1-34(2)55-54-52(43-21-10-14-27-49(43)60(55)46-24-11-7-16-35(46)3)53(36-17-5-4-6-18-36)58-57(59-54)62-48-26-13-9-20-40(48)44-32-37(29-31-51(44)62)38-28-30-50-45(33-38)42-23-15-22-41-39-19-8-12-25-47(39)61(50)56(41)42/h4-33,55H,1H2,2-3H3. The molecule has 13 rings (SSSR count). The fourth-order valence-electron chi connectivity index (χ4n) is 10.5. The number of nitrogens with zero attached hydrogens (tertiary/aromatic N) is 5. The Morgan fingerprint density at radius 3 is 1.82 bits per heavy atom. The monoisotopic (exact) mass is 793 g/mol. The number of aryl methyl sites for hydroxylation is 1. The molecular weight excluding hydrogens is 755 g/mol. The third-order valence-corrected chi connectivity index (χ3v) is 13.2. The highest BCUT2D eigenvalue weighted by molar-refractivity contribution is 6.23. The van der Waals surface area contributed by atoms with E-state index in [1.165, 1.54) is 54.8 Å². The van der Waals surface area contributed by atoms with Crippen LogP contribution in [0.4, 0.5) is 11.4 Å². The highest BCUT2D eigenvalue weighted by Gasteiger charge is 2.37. The average molecular weight is 794 g/mol. The van der Waals surface area contributed by atoms with E-state index in [-0.39, 0.29) is 6.04 Å². The maximum Gasteiger partial charge on any atom is 0.235 e. The van der Waals surface area contributed by atoms with Crippen molar-refractivity contribution in [3.63, 3.8) is 0 Å². The molecule has 1 atom stereocenters. The molecule has 0 amide bonds. The second-order valence-corrected chi connectivity index (χ2v) is 16.8. The summed E-state index contributed by atoms with van der Waals surface area (Å²) in [5, 5.41) is 7.45. The molecule has 5 nitrogen and oxygen atoms in total. The van der Waals surface area contributed by atoms with Gasteiger partial charge in [-0.1, -0.05) is 146 Å². The number of hydrogen-bond donors (Lipinski definition) is 0. The number of para-hydroxylation sites is 5. The van der Waals surface area contributed by atoms with Crippen LogP contribution in [-0.4, -0.2) is 18.9 Å². The van der Waals surface area contributed by atoms with Gasteiger partial charge in [-0.2, -0.15) is 0 Å². The Balaban J connectivity index is 1.05. The van der Waals surface area contributed by atoms with Crippen LogP contribution in [0.2, 0.25) is 0 Å². The topological polar surface area (TPSA) is 38.4 Å². The van der Waals surface area contributed by atoms with Crippen LogP contribution in [0.25, 0.3) is 99.4 Å². The van der Waals surface area contributed by atoms with Crippen molar-refractivity contribution in [2.45, 2.75) is 19.9 Å². The van der Waals surface area contributed by atoms with E-state index < -0.39 is 0 Å². The van der Waals surface area contributed by atoms with E-state index in [0.29, 0.717) is 5.95 Å². The van der Waals surface area contributed by atoms with Crippen LogP contribution in [0.5, 0.6) is 0 Å². The van der Waals surface area contributed by atoms with Crippen molar-refractivity contribution in [1.29, 1.82) is 0 Å². The number of anilines is 2. The van der Waals surface area contributed by atoms with Gasteiger partial charge in [0.1, 0.15) is 0 Å². The molecule has 1 unspecified atom stereocenters. The van der Waals surface area contributed by atoms with Crippen LogP contribution >= 0.6 is 0 Å². The second kappa shape index (κ2) is 13.0. The van der Waals surface area contributed by atoms with Crippen LogP contribution in [0, 0.1) is 6.92 Å². The van der Waals surface area contributed by atoms with Crippen molar-refractivity contribution >= 4 is 71.3 Å². The van der Waals surface area contributed by atoms with E-state index in [1.54, 1.807) is 0 Å². The zero-order chi connectivity index (χ0) is 41.2. The van der Waals surface area contributed by atoms with Crippen LogP contribution in [0.1, 0.15) is 24.2 Å². The van der Waals surface area contributed by atoms with E-state index in [4.69, 9.17) is 9.97 Å². The molecule has 4 aromatic heterocycles. The molecule has 292 valence electrons. The number of aromatic nitrogens is 4. The molecule has 8 aromatic carbocycles. The Bertz CT molecular complexity index is 3810. The maximum atomic E-state index is 5.67. The first-order valence-electron chi connectivity index (χ1n) is 21.3. The Hall–Kier alpha value is -8.02. The van der Waals surface area contributed by atoms with Crippen molar-refractivity contribution < 1.29 is 0 Å². The zero-order valence-electron chi connectivity index (χ0n) is 34.3. The lowest BCUT2D eigenvalue weighted by Crippen LogP contribution is -2.31. The summed E-state index contributed by atoms with van der Waals surface area (Å²) in [5.74, 6) is 0.636. The summed E-state index contributed by atoms with van der Waals surface area (Å²) in [7, 11) is 0. The first-order chi connectivity index (χ1) is 30.5. The van der Waals surface area contributed by atoms with Gasteiger partial charge in [-0.15, -0.1) is 0 Å². The molecule has 0 aliphatic carbocycles. The lowest BCUT2D eigenvalue weighted by molar-refractivity contribution is 0.751. The minimum atomic E-state index is -0.240. The Morgan fingerprint density at radius 1 is 0.500 bits per heavy atom. The summed E-state index contributed by atoms with van der Waals surface area (Å²) in [6, 6.07) is 65.5. The average Bonchev–Trinajstić information content (AvgIpc) is 3.96. The van der Waals surface area contributed by atoms with Crippen molar-refractivity contribution in [2.75, 3.05) is 4.90 Å². The molecule has 0 radical (unpaired) electrons. The van der Waals surface area contributed by atoms with Crippen LogP contribution in [0.3, 0.4) is 0 Å². The highest BCUT2D eigenvalue weighted by Crippen LogP contribution is 2.53. The summed E-state index contributed by atoms with van der Waals surface area (Å²) in [5.41, 5.74) is 17.7. The van der Waals surface area contributed by atoms with E-state index in [1.807, 2.05) is 0 Å². The number of rotatable bonds is 5. The Morgan fingerprint density at radius 2 is 1.06 bits per heavy atom. The predicted octanol–water partition coefficient (Wildman–Crippen LogP) is 14.8. The minimum absolute atomic E-state index is 0.240. The Labute approximate surface area is 358 Å². The summed E-state index contributed by atoms with van der Waals surface area (Å²) >= 11 is 0. The number of benzene rings is 8. The van der Waals surface area contributed by atoms with Gasteiger partial charge in [0.05, 0.1) is 50.7 Å². The van der Waals surface area contributed by atoms with E-state index in [9.17, 15) is 0 Å². The largest absolute Gasteiger partial charge is 0.328 e. The van der Waals surface area contributed by atoms with Crippen LogP contribution in [0.15, 0.2) is 194 Å². The van der Waals surface area contributed by atoms with Gasteiger partial charge in [0.15, 0.2) is 0 Å². The normalized spacial score (nSPS) is 13.8. The zero-order valence-corrected chi connectivity index (χ0v) is 34.3. The SMILES string of the molecule is C=C(C)C1c2nc(-n3c4ccccc4c4cc(-c5ccc6c(c5)c5cccc7c8ccccc8n6c75)ccc43)nc(-c3ccccc3)c2-c2ccccc2N1c1ccccc1C. The van der Waals surface area contributed by atoms with Gasteiger partial charge >= 0.3 is 0 Å². The summed E-state index contributed by atoms with van der Waals surface area (Å²) in [6.45, 7) is 8.94. The van der Waals surface area contributed by atoms with Gasteiger partial charge in [0.2, 0.25) is 5.95 Å². The van der Waals surface area contributed by atoms with Gasteiger partial charge in [0, 0.05) is 54.7 Å². The molecule has 62 heavy (non-hydrogen) atoms. The lowest BCUT2D eigenvalue weighted by atomic mass is 9.86. The molecule has 0 bridgehead atoms. The maximum absolute atomic E-state index is 5.67. The van der Waals surface area contributed by atoms with Gasteiger partial charge in [-0.25, -0.2) is 9.97 Å². The third-order valence-electron chi connectivity index (χ3n) is 13.2. The third kappa shape index (κ3) is 4.79. The molecule has 0 saturated carbocycles. The van der Waals surface area contributed by atoms with E-state index in [2.05, 4.69) is 216 Å². The van der Waals surface area contributed by atoms with Crippen molar-refractivity contribution in [3.05, 3.63) is 205 Å². The van der Waals surface area contributed by atoms with Gasteiger partial charge < -0.3 is 9.30 Å². The molecule has 1 aliphatic heterocycles. The summed E-state index contributed by atoms with van der Waals surface area (Å²) in [6.07, 6.45) is 0. The second-order valence-electron chi connectivity index (χ2n) is 16.8. The first kappa shape index (κ1) is 34.8. The summed E-state index contributed by atoms with van der Waals surface area (Å²) < 4.78 is 4.70. The van der Waals surface area contributed by atoms with Crippen molar-refractivity contribution in [3.8, 4) is 39.5 Å². The van der Waals surface area contributed by atoms with E-state index in [0.717, 1.165) is 66.8 Å². The quantitative estimate of drug-likeness (QED) is 0.163. The minimum Gasteiger partial charge on any atom is -0.328 e. The molecule has 0 N–H and O–H groups in total. The lowest BCUT2D eigenvalue weighted by Gasteiger charge is -2.41. The predicted molar refractivity (Wildman–Crippen MR) is 258 cm³/mol. The summed E-state index contributed by atoms with van der Waals surface area (Å²) in [4.78, 5) is 13.7. The fourth-order valence-corrected chi connectivity index (χ4v) is 10.5. The molecule has 5 heterocycles. The molecule has 0 fully saturated rings. The van der Waals surface area contributed by atoms with Crippen molar-refractivity contribution in [2.24, 2.45) is 0 Å². The molecule has 0 saturated heterocycles. The number of fused-ring (bicyclic) bond motifs is 12. The molecule has 5 heteroatoms. The molecule has 0 spiro atoms. The van der Waals surface area contributed by atoms with Gasteiger partial charge in [-0.05, 0) is 79.1 Å². The van der Waals surface area contributed by atoms with Crippen LogP contribution in [-0.2, 0) is 0 Å². The van der Waals surface area contributed by atoms with Crippen LogP contribution < -0.4 is 4.90 Å². The first-order valence-corrected chi connectivity index (χ1v) is 21.3. The molecule has 1 aliphatic rings. The van der Waals surface area contributed by atoms with Gasteiger partial charge in [-0.3, -0.25) is 4.57 Å². The fraction of sp³-hybridized carbons (Fsp3) is 0.0526. The smallest absolute Gasteiger partial charge is 0.235 e. The molecule has 12 aromatic rings. The number of hydrogen-bond acceptors (Lipinski definition) is 3. The van der Waals surface area contributed by atoms with Crippen molar-refractivity contribution in [1.82, 2.24) is 18.9 Å². The Kier molecular flexibility index (Phi) is 7.29. The van der Waals surface area contributed by atoms with E-state index >= 15 is 0 Å². The van der Waals surface area contributed by atoms with Gasteiger partial charge in [0.25, 0.3) is 0 Å².